The van der Waals surface area contributed by atoms with E-state index in [1.807, 2.05) is 6.92 Å². The van der Waals surface area contributed by atoms with E-state index in [4.69, 9.17) is 17.3 Å². The molecule has 14 heavy (non-hydrogen) atoms. The van der Waals surface area contributed by atoms with Crippen LogP contribution in [0.4, 0.5) is 5.82 Å². The van der Waals surface area contributed by atoms with Crippen molar-refractivity contribution in [3.63, 3.8) is 0 Å². The molecule has 1 rings (SSSR count). The lowest BCUT2D eigenvalue weighted by Gasteiger charge is -2.12. The van der Waals surface area contributed by atoms with Gasteiger partial charge in [-0.3, -0.25) is 4.79 Å². The molecule has 0 fully saturated rings. The molecule has 1 unspecified atom stereocenters. The van der Waals surface area contributed by atoms with E-state index in [1.165, 1.54) is 12.4 Å². The SMILES string of the molecule is CCC(Nc1cnc(Cl)cn1)C(N)=O. The number of primary amides is 1. The minimum atomic E-state index is -0.425. The summed E-state index contributed by atoms with van der Waals surface area (Å²) in [5, 5.41) is 3.16. The molecule has 5 nitrogen and oxygen atoms in total. The van der Waals surface area contributed by atoms with Crippen molar-refractivity contribution in [2.75, 3.05) is 5.32 Å². The normalized spacial score (nSPS) is 12.1. The van der Waals surface area contributed by atoms with Gasteiger partial charge in [-0.15, -0.1) is 0 Å². The lowest BCUT2D eigenvalue weighted by molar-refractivity contribution is -0.118. The van der Waals surface area contributed by atoms with Crippen LogP contribution >= 0.6 is 11.6 Å². The van der Waals surface area contributed by atoms with Crippen LogP contribution in [-0.4, -0.2) is 21.9 Å². The summed E-state index contributed by atoms with van der Waals surface area (Å²) in [5.41, 5.74) is 5.15. The summed E-state index contributed by atoms with van der Waals surface area (Å²) in [6.45, 7) is 1.85. The third-order valence-corrected chi connectivity index (χ3v) is 1.89. The van der Waals surface area contributed by atoms with Crippen molar-refractivity contribution in [3.8, 4) is 0 Å². The van der Waals surface area contributed by atoms with Crippen LogP contribution in [0.5, 0.6) is 0 Å². The molecule has 1 atom stereocenters. The molecule has 0 saturated carbocycles. The van der Waals surface area contributed by atoms with Crippen LogP contribution in [0.3, 0.4) is 0 Å². The fraction of sp³-hybridized carbons (Fsp3) is 0.375. The maximum atomic E-state index is 10.9. The Morgan fingerprint density at radius 2 is 2.36 bits per heavy atom. The highest BCUT2D eigenvalue weighted by Crippen LogP contribution is 2.07. The zero-order valence-corrected chi connectivity index (χ0v) is 8.45. The van der Waals surface area contributed by atoms with Gasteiger partial charge in [-0.25, -0.2) is 9.97 Å². The second-order valence-electron chi connectivity index (χ2n) is 2.73. The lowest BCUT2D eigenvalue weighted by Crippen LogP contribution is -2.35. The van der Waals surface area contributed by atoms with Crippen LogP contribution in [0.2, 0.25) is 5.15 Å². The number of carbonyl (C=O) groups excluding carboxylic acids is 1. The Bertz CT molecular complexity index is 314. The Labute approximate surface area is 86.7 Å². The Hall–Kier alpha value is -1.36. The number of nitrogens with one attached hydrogen (secondary N) is 1. The highest BCUT2D eigenvalue weighted by molar-refractivity contribution is 6.29. The maximum absolute atomic E-state index is 10.9. The van der Waals surface area contributed by atoms with E-state index >= 15 is 0 Å². The number of nitrogens with zero attached hydrogens (tertiary/aromatic N) is 2. The monoisotopic (exact) mass is 214 g/mol. The first-order chi connectivity index (χ1) is 6.63. The van der Waals surface area contributed by atoms with E-state index < -0.39 is 11.9 Å². The quantitative estimate of drug-likeness (QED) is 0.777. The van der Waals surface area contributed by atoms with Gasteiger partial charge in [0.1, 0.15) is 17.0 Å². The fourth-order valence-electron chi connectivity index (χ4n) is 0.940. The van der Waals surface area contributed by atoms with E-state index in [0.29, 0.717) is 17.4 Å². The van der Waals surface area contributed by atoms with Crippen molar-refractivity contribution in [2.45, 2.75) is 19.4 Å². The molecule has 0 aromatic carbocycles. The number of anilines is 1. The van der Waals surface area contributed by atoms with E-state index in [1.54, 1.807) is 0 Å². The molecule has 76 valence electrons. The van der Waals surface area contributed by atoms with Crippen LogP contribution < -0.4 is 11.1 Å². The van der Waals surface area contributed by atoms with E-state index in [2.05, 4.69) is 15.3 Å². The Morgan fingerprint density at radius 1 is 1.64 bits per heavy atom. The standard InChI is InChI=1S/C8H11ClN4O/c1-2-5(8(10)14)13-7-4-11-6(9)3-12-7/h3-5H,2H2,1H3,(H2,10,14)(H,12,13). The van der Waals surface area contributed by atoms with Crippen molar-refractivity contribution >= 4 is 23.3 Å². The van der Waals surface area contributed by atoms with Crippen molar-refractivity contribution in [1.29, 1.82) is 0 Å². The molecule has 0 aliphatic carbocycles. The van der Waals surface area contributed by atoms with Crippen LogP contribution in [0, 0.1) is 0 Å². The number of aromatic nitrogens is 2. The third-order valence-electron chi connectivity index (χ3n) is 1.69. The molecule has 1 aromatic heterocycles. The first-order valence-corrected chi connectivity index (χ1v) is 4.54. The molecule has 0 bridgehead atoms. The summed E-state index contributed by atoms with van der Waals surface area (Å²) in [5.74, 6) is 0.0734. The average molecular weight is 215 g/mol. The first kappa shape index (κ1) is 10.7. The maximum Gasteiger partial charge on any atom is 0.239 e. The highest BCUT2D eigenvalue weighted by atomic mass is 35.5. The molecular weight excluding hydrogens is 204 g/mol. The summed E-state index contributed by atoms with van der Waals surface area (Å²) in [6.07, 6.45) is 3.45. The summed E-state index contributed by atoms with van der Waals surface area (Å²) >= 11 is 5.55. The van der Waals surface area contributed by atoms with Gasteiger partial charge in [0, 0.05) is 0 Å². The number of hydrogen-bond acceptors (Lipinski definition) is 4. The van der Waals surface area contributed by atoms with Crippen molar-refractivity contribution in [3.05, 3.63) is 17.5 Å². The number of nitrogens with two attached hydrogens (primary N) is 1. The molecule has 1 aromatic rings. The number of rotatable bonds is 4. The third kappa shape index (κ3) is 2.85. The Morgan fingerprint density at radius 3 is 2.79 bits per heavy atom. The molecular formula is C8H11ClN4O. The van der Waals surface area contributed by atoms with Crippen LogP contribution in [0.25, 0.3) is 0 Å². The van der Waals surface area contributed by atoms with Crippen molar-refractivity contribution in [2.24, 2.45) is 5.73 Å². The van der Waals surface area contributed by atoms with Gasteiger partial charge >= 0.3 is 0 Å². The van der Waals surface area contributed by atoms with Crippen LogP contribution in [0.1, 0.15) is 13.3 Å². The van der Waals surface area contributed by atoms with Crippen LogP contribution in [-0.2, 0) is 4.79 Å². The topological polar surface area (TPSA) is 80.9 Å². The molecule has 0 spiro atoms. The van der Waals surface area contributed by atoms with E-state index in [9.17, 15) is 4.79 Å². The largest absolute Gasteiger partial charge is 0.368 e. The first-order valence-electron chi connectivity index (χ1n) is 4.17. The molecule has 1 heterocycles. The summed E-state index contributed by atoms with van der Waals surface area (Å²) in [6, 6.07) is -0.425. The van der Waals surface area contributed by atoms with Gasteiger partial charge in [-0.2, -0.15) is 0 Å². The molecule has 0 aliphatic heterocycles. The van der Waals surface area contributed by atoms with Crippen molar-refractivity contribution < 1.29 is 4.79 Å². The molecule has 1 amide bonds. The summed E-state index contributed by atoms with van der Waals surface area (Å²) < 4.78 is 0. The Kier molecular flexibility index (Phi) is 3.64. The minimum Gasteiger partial charge on any atom is -0.368 e. The smallest absolute Gasteiger partial charge is 0.239 e. The van der Waals surface area contributed by atoms with Crippen LogP contribution in [0.15, 0.2) is 12.4 Å². The van der Waals surface area contributed by atoms with E-state index in [-0.39, 0.29) is 0 Å². The predicted octanol–water partition coefficient (Wildman–Crippen LogP) is 0.806. The van der Waals surface area contributed by atoms with Gasteiger partial charge in [-0.05, 0) is 6.42 Å². The molecule has 0 aliphatic rings. The molecule has 0 radical (unpaired) electrons. The van der Waals surface area contributed by atoms with Gasteiger partial charge in [0.2, 0.25) is 5.91 Å². The zero-order valence-electron chi connectivity index (χ0n) is 7.70. The summed E-state index contributed by atoms with van der Waals surface area (Å²) in [7, 11) is 0. The number of amides is 1. The average Bonchev–Trinajstić information content (AvgIpc) is 2.16. The fourth-order valence-corrected chi connectivity index (χ4v) is 1.04. The lowest BCUT2D eigenvalue weighted by atomic mass is 10.2. The van der Waals surface area contributed by atoms with Gasteiger partial charge in [0.15, 0.2) is 0 Å². The predicted molar refractivity (Wildman–Crippen MR) is 53.9 cm³/mol. The molecule has 0 saturated heterocycles. The van der Waals surface area contributed by atoms with Crippen molar-refractivity contribution in [1.82, 2.24) is 9.97 Å². The number of halogens is 1. The van der Waals surface area contributed by atoms with Gasteiger partial charge in [0.25, 0.3) is 0 Å². The number of hydrogen-bond donors (Lipinski definition) is 2. The van der Waals surface area contributed by atoms with Gasteiger partial charge < -0.3 is 11.1 Å². The second kappa shape index (κ2) is 4.76. The van der Waals surface area contributed by atoms with Gasteiger partial charge in [-0.1, -0.05) is 18.5 Å². The summed E-state index contributed by atoms with van der Waals surface area (Å²) in [4.78, 5) is 18.6. The highest BCUT2D eigenvalue weighted by Gasteiger charge is 2.12. The van der Waals surface area contributed by atoms with Gasteiger partial charge in [0.05, 0.1) is 12.4 Å². The molecule has 6 heteroatoms. The Balaban J connectivity index is 2.67. The second-order valence-corrected chi connectivity index (χ2v) is 3.12. The minimum absolute atomic E-state index is 0.308. The van der Waals surface area contributed by atoms with E-state index in [0.717, 1.165) is 0 Å². The molecule has 3 N–H and O–H groups in total. The number of carbonyl (C=O) groups is 1. The zero-order chi connectivity index (χ0) is 10.6.